The average Bonchev–Trinajstić information content (AvgIpc) is 3.19. The number of carbonyl (C=O) groups excluding carboxylic acids is 2. The molecule has 0 spiro atoms. The Bertz CT molecular complexity index is 1020. The normalized spacial score (nSPS) is 12.3. The smallest absolute Gasteiger partial charge is 0.337 e. The molecule has 0 aromatic heterocycles. The Morgan fingerprint density at radius 3 is 2.45 bits per heavy atom. The molecule has 0 saturated heterocycles. The van der Waals surface area contributed by atoms with Crippen LogP contribution in [0.4, 0.5) is 11.4 Å². The minimum atomic E-state index is -3.72. The van der Waals surface area contributed by atoms with Crippen molar-refractivity contribution < 1.29 is 32.2 Å². The Kier molecular flexibility index (Phi) is 5.92. The number of benzene rings is 2. The summed E-state index contributed by atoms with van der Waals surface area (Å²) >= 11 is 0. The third-order valence-corrected chi connectivity index (χ3v) is 5.96. The summed E-state index contributed by atoms with van der Waals surface area (Å²) < 4.78 is 41.3. The Morgan fingerprint density at radius 1 is 1.10 bits per heavy atom. The first kappa shape index (κ1) is 20.5. The van der Waals surface area contributed by atoms with Gasteiger partial charge in [-0.15, -0.1) is 0 Å². The van der Waals surface area contributed by atoms with Crippen molar-refractivity contribution in [1.82, 2.24) is 0 Å². The van der Waals surface area contributed by atoms with Crippen LogP contribution >= 0.6 is 0 Å². The van der Waals surface area contributed by atoms with Crippen molar-refractivity contribution in [3.8, 4) is 11.5 Å². The molecule has 0 radical (unpaired) electrons. The predicted molar refractivity (Wildman–Crippen MR) is 106 cm³/mol. The quantitative estimate of drug-likeness (QED) is 0.682. The van der Waals surface area contributed by atoms with Gasteiger partial charge in [-0.2, -0.15) is 0 Å². The van der Waals surface area contributed by atoms with Crippen molar-refractivity contribution >= 4 is 33.3 Å². The van der Waals surface area contributed by atoms with Crippen molar-refractivity contribution in [2.24, 2.45) is 0 Å². The van der Waals surface area contributed by atoms with Gasteiger partial charge in [0.2, 0.25) is 22.7 Å². The average molecular weight is 420 g/mol. The van der Waals surface area contributed by atoms with Crippen LogP contribution in [0.5, 0.6) is 11.5 Å². The first-order chi connectivity index (χ1) is 13.8. The number of hydrogen-bond donors (Lipinski definition) is 1. The summed E-state index contributed by atoms with van der Waals surface area (Å²) in [6.07, 6.45) is 0. The highest BCUT2D eigenvalue weighted by Gasteiger charge is 2.26. The number of esters is 1. The zero-order valence-corrected chi connectivity index (χ0v) is 16.7. The number of methoxy groups -OCH3 is 1. The maximum atomic E-state index is 12.6. The summed E-state index contributed by atoms with van der Waals surface area (Å²) in [6.45, 7) is 1.13. The first-order valence-corrected chi connectivity index (χ1v) is 10.3. The van der Waals surface area contributed by atoms with Crippen molar-refractivity contribution in [2.45, 2.75) is 6.92 Å². The molecule has 0 aliphatic carbocycles. The highest BCUT2D eigenvalue weighted by molar-refractivity contribution is 7.92. The van der Waals surface area contributed by atoms with E-state index in [1.807, 2.05) is 0 Å². The summed E-state index contributed by atoms with van der Waals surface area (Å²) in [4.78, 5) is 24.0. The number of amides is 1. The molecule has 1 N–H and O–H groups in total. The highest BCUT2D eigenvalue weighted by Crippen LogP contribution is 2.36. The molecule has 1 heterocycles. The number of hydrogen-bond acceptors (Lipinski definition) is 7. The summed E-state index contributed by atoms with van der Waals surface area (Å²) in [5, 5.41) is 2.62. The Labute approximate surface area is 168 Å². The molecule has 0 unspecified atom stereocenters. The number of nitrogens with one attached hydrogen (secondary N) is 1. The van der Waals surface area contributed by atoms with Gasteiger partial charge >= 0.3 is 5.97 Å². The standard InChI is InChI=1S/C19H20N2O7S/c1-3-29(24,25)21(15-8-9-16-17(10-15)28-12-27-16)11-18(22)20-14-6-4-13(5-7-14)19(23)26-2/h4-10H,3,11-12H2,1-2H3,(H,20,22). The van der Waals surface area contributed by atoms with Gasteiger partial charge in [0.1, 0.15) is 6.54 Å². The van der Waals surface area contributed by atoms with Crippen molar-refractivity contribution in [2.75, 3.05) is 35.8 Å². The SMILES string of the molecule is CCS(=O)(=O)N(CC(=O)Nc1ccc(C(=O)OC)cc1)c1ccc2c(c1)OCO2. The lowest BCUT2D eigenvalue weighted by molar-refractivity contribution is -0.114. The van der Waals surface area contributed by atoms with Crippen LogP contribution in [-0.2, 0) is 19.6 Å². The molecule has 1 aliphatic rings. The number of sulfonamides is 1. The van der Waals surface area contributed by atoms with E-state index < -0.39 is 28.4 Å². The zero-order chi connectivity index (χ0) is 21.0. The molecule has 9 nitrogen and oxygen atoms in total. The lowest BCUT2D eigenvalue weighted by Crippen LogP contribution is -2.39. The molecule has 1 aliphatic heterocycles. The number of ether oxygens (including phenoxy) is 3. The minimum absolute atomic E-state index is 0.0569. The molecule has 0 saturated carbocycles. The molecular formula is C19H20N2O7S. The third-order valence-electron chi connectivity index (χ3n) is 4.22. The summed E-state index contributed by atoms with van der Waals surface area (Å²) in [5.74, 6) is -0.283. The van der Waals surface area contributed by atoms with Crippen LogP contribution in [0.1, 0.15) is 17.3 Å². The zero-order valence-electron chi connectivity index (χ0n) is 15.9. The predicted octanol–water partition coefficient (Wildman–Crippen LogP) is 2.00. The van der Waals surface area contributed by atoms with Crippen LogP contribution in [0.2, 0.25) is 0 Å². The fourth-order valence-corrected chi connectivity index (χ4v) is 3.75. The van der Waals surface area contributed by atoms with E-state index in [1.165, 1.54) is 44.4 Å². The monoisotopic (exact) mass is 420 g/mol. The Balaban J connectivity index is 1.77. The van der Waals surface area contributed by atoms with Gasteiger partial charge in [-0.05, 0) is 43.3 Å². The van der Waals surface area contributed by atoms with Gasteiger partial charge in [-0.1, -0.05) is 0 Å². The second-order valence-electron chi connectivity index (χ2n) is 6.06. The van der Waals surface area contributed by atoms with Crippen molar-refractivity contribution in [1.29, 1.82) is 0 Å². The molecular weight excluding hydrogens is 400 g/mol. The summed E-state index contributed by atoms with van der Waals surface area (Å²) in [6, 6.07) is 10.7. The summed E-state index contributed by atoms with van der Waals surface area (Å²) in [5.41, 5.74) is 1.05. The van der Waals surface area contributed by atoms with E-state index in [1.54, 1.807) is 12.1 Å². The number of nitrogens with zero attached hydrogens (tertiary/aromatic N) is 1. The molecule has 0 fully saturated rings. The second kappa shape index (κ2) is 8.39. The minimum Gasteiger partial charge on any atom is -0.465 e. The van der Waals surface area contributed by atoms with Gasteiger partial charge in [-0.25, -0.2) is 13.2 Å². The van der Waals surface area contributed by atoms with E-state index in [2.05, 4.69) is 10.1 Å². The molecule has 2 aromatic rings. The maximum absolute atomic E-state index is 12.6. The van der Waals surface area contributed by atoms with Crippen molar-refractivity contribution in [3.63, 3.8) is 0 Å². The largest absolute Gasteiger partial charge is 0.465 e. The fraction of sp³-hybridized carbons (Fsp3) is 0.263. The van der Waals surface area contributed by atoms with Gasteiger partial charge in [0.15, 0.2) is 11.5 Å². The van der Waals surface area contributed by atoms with Crippen LogP contribution in [0.25, 0.3) is 0 Å². The second-order valence-corrected chi connectivity index (χ2v) is 8.24. The lowest BCUT2D eigenvalue weighted by Gasteiger charge is -2.23. The number of carbonyl (C=O) groups is 2. The van der Waals surface area contributed by atoms with E-state index in [4.69, 9.17) is 9.47 Å². The van der Waals surface area contributed by atoms with Crippen LogP contribution in [0, 0.1) is 0 Å². The van der Waals surface area contributed by atoms with E-state index >= 15 is 0 Å². The molecule has 1 amide bonds. The van der Waals surface area contributed by atoms with Gasteiger partial charge in [-0.3, -0.25) is 9.10 Å². The Hall–Kier alpha value is -3.27. The molecule has 10 heteroatoms. The third kappa shape index (κ3) is 4.60. The van der Waals surface area contributed by atoms with Crippen molar-refractivity contribution in [3.05, 3.63) is 48.0 Å². The van der Waals surface area contributed by atoms with Gasteiger partial charge < -0.3 is 19.5 Å². The van der Waals surface area contributed by atoms with Gasteiger partial charge in [0, 0.05) is 11.8 Å². The molecule has 3 rings (SSSR count). The van der Waals surface area contributed by atoms with Crippen LogP contribution in [0.3, 0.4) is 0 Å². The molecule has 154 valence electrons. The van der Waals surface area contributed by atoms with Gasteiger partial charge in [0.05, 0.1) is 24.1 Å². The number of rotatable bonds is 7. The fourth-order valence-electron chi connectivity index (χ4n) is 2.68. The van der Waals surface area contributed by atoms with E-state index in [0.717, 1.165) is 4.31 Å². The summed E-state index contributed by atoms with van der Waals surface area (Å²) in [7, 11) is -2.45. The van der Waals surface area contributed by atoms with E-state index in [-0.39, 0.29) is 12.5 Å². The molecule has 0 atom stereocenters. The maximum Gasteiger partial charge on any atom is 0.337 e. The first-order valence-electron chi connectivity index (χ1n) is 8.72. The molecule has 0 bridgehead atoms. The lowest BCUT2D eigenvalue weighted by atomic mass is 10.2. The highest BCUT2D eigenvalue weighted by atomic mass is 32.2. The Morgan fingerprint density at radius 2 is 1.79 bits per heavy atom. The number of anilines is 2. The number of fused-ring (bicyclic) bond motifs is 1. The van der Waals surface area contributed by atoms with E-state index in [9.17, 15) is 18.0 Å². The van der Waals surface area contributed by atoms with Gasteiger partial charge in [0.25, 0.3) is 0 Å². The van der Waals surface area contributed by atoms with Crippen LogP contribution < -0.4 is 19.1 Å². The molecule has 2 aromatic carbocycles. The van der Waals surface area contributed by atoms with Crippen LogP contribution in [-0.4, -0.2) is 46.5 Å². The molecule has 29 heavy (non-hydrogen) atoms. The van der Waals surface area contributed by atoms with Crippen LogP contribution in [0.15, 0.2) is 42.5 Å². The topological polar surface area (TPSA) is 111 Å². The van der Waals surface area contributed by atoms with E-state index in [0.29, 0.717) is 28.4 Å².